The van der Waals surface area contributed by atoms with E-state index in [1.165, 1.54) is 28.8 Å². The second kappa shape index (κ2) is 6.42. The summed E-state index contributed by atoms with van der Waals surface area (Å²) in [5.74, 6) is -0.975. The average molecular weight is 365 g/mol. The second-order valence-corrected chi connectivity index (χ2v) is 6.14. The first kappa shape index (κ1) is 16.2. The van der Waals surface area contributed by atoms with E-state index in [1.54, 1.807) is 18.2 Å². The molecule has 0 amide bonds. The van der Waals surface area contributed by atoms with Gasteiger partial charge in [0, 0.05) is 6.07 Å². The summed E-state index contributed by atoms with van der Waals surface area (Å²) in [5, 5.41) is 11.3. The fourth-order valence-corrected chi connectivity index (χ4v) is 3.45. The molecule has 0 bridgehead atoms. The van der Waals surface area contributed by atoms with Gasteiger partial charge in [-0.3, -0.25) is 19.5 Å². The highest BCUT2D eigenvalue weighted by atomic mass is 35.5. The smallest absolute Gasteiger partial charge is 0.331 e. The molecule has 122 valence electrons. The molecule has 0 radical (unpaired) electrons. The lowest BCUT2D eigenvalue weighted by molar-refractivity contribution is -0.385. The van der Waals surface area contributed by atoms with E-state index in [1.807, 2.05) is 0 Å². The Morgan fingerprint density at radius 1 is 1.25 bits per heavy atom. The van der Waals surface area contributed by atoms with Gasteiger partial charge in [0.15, 0.2) is 0 Å². The summed E-state index contributed by atoms with van der Waals surface area (Å²) >= 11 is 7.05. The maximum absolute atomic E-state index is 12.1. The predicted molar refractivity (Wildman–Crippen MR) is 89.8 cm³/mol. The minimum Gasteiger partial charge on any atom is -0.418 e. The molecule has 0 aliphatic heterocycles. The van der Waals surface area contributed by atoms with Gasteiger partial charge in [-0.05, 0) is 18.2 Å². The Labute approximate surface area is 143 Å². The van der Waals surface area contributed by atoms with Gasteiger partial charge in [-0.25, -0.2) is 4.79 Å². The van der Waals surface area contributed by atoms with Crippen LogP contribution in [-0.4, -0.2) is 15.5 Å². The van der Waals surface area contributed by atoms with Crippen LogP contribution in [0.25, 0.3) is 10.2 Å². The van der Waals surface area contributed by atoms with Crippen LogP contribution in [0.4, 0.5) is 5.69 Å². The number of nitro benzene ring substituents is 1. The summed E-state index contributed by atoms with van der Waals surface area (Å²) < 4.78 is 6.88. The number of halogens is 1. The van der Waals surface area contributed by atoms with Crippen molar-refractivity contribution in [3.63, 3.8) is 0 Å². The van der Waals surface area contributed by atoms with E-state index in [0.29, 0.717) is 15.2 Å². The lowest BCUT2D eigenvalue weighted by atomic mass is 10.3. The number of fused-ring (bicyclic) bond motifs is 1. The molecule has 24 heavy (non-hydrogen) atoms. The van der Waals surface area contributed by atoms with Gasteiger partial charge >= 0.3 is 16.5 Å². The van der Waals surface area contributed by atoms with E-state index in [4.69, 9.17) is 16.3 Å². The maximum atomic E-state index is 12.1. The Morgan fingerprint density at radius 2 is 2.00 bits per heavy atom. The van der Waals surface area contributed by atoms with Gasteiger partial charge in [-0.15, -0.1) is 0 Å². The summed E-state index contributed by atoms with van der Waals surface area (Å²) in [6.45, 7) is -0.394. The van der Waals surface area contributed by atoms with Crippen LogP contribution >= 0.6 is 22.9 Å². The van der Waals surface area contributed by atoms with Gasteiger partial charge < -0.3 is 4.74 Å². The molecule has 0 unspecified atom stereocenters. The molecule has 3 rings (SSSR count). The largest absolute Gasteiger partial charge is 0.418 e. The van der Waals surface area contributed by atoms with Gasteiger partial charge in [0.05, 0.1) is 20.2 Å². The number of aromatic nitrogens is 1. The van der Waals surface area contributed by atoms with Gasteiger partial charge in [0.1, 0.15) is 6.54 Å². The lowest BCUT2D eigenvalue weighted by Crippen LogP contribution is -2.23. The Hall–Kier alpha value is -2.71. The Balaban J connectivity index is 1.91. The first-order valence-corrected chi connectivity index (χ1v) is 7.89. The van der Waals surface area contributed by atoms with Crippen molar-refractivity contribution >= 4 is 44.8 Å². The normalized spacial score (nSPS) is 10.7. The monoisotopic (exact) mass is 364 g/mol. The number of nitrogens with zero attached hydrogens (tertiary/aromatic N) is 2. The van der Waals surface area contributed by atoms with Gasteiger partial charge in [0.25, 0.3) is 0 Å². The van der Waals surface area contributed by atoms with E-state index in [-0.39, 0.29) is 16.3 Å². The number of carbonyl (C=O) groups excluding carboxylic acids is 1. The number of nitro groups is 1. The Bertz CT molecular complexity index is 1010. The molecule has 0 spiro atoms. The molecule has 0 atom stereocenters. The summed E-state index contributed by atoms with van der Waals surface area (Å²) in [6.07, 6.45) is 0. The summed E-state index contributed by atoms with van der Waals surface area (Å²) in [6, 6.07) is 10.6. The van der Waals surface area contributed by atoms with Crippen molar-refractivity contribution < 1.29 is 14.5 Å². The molecular weight excluding hydrogens is 356 g/mol. The number of benzene rings is 2. The van der Waals surface area contributed by atoms with Crippen molar-refractivity contribution in [1.82, 2.24) is 4.57 Å². The van der Waals surface area contributed by atoms with Crippen LogP contribution < -0.4 is 9.61 Å². The molecule has 0 aliphatic carbocycles. The lowest BCUT2D eigenvalue weighted by Gasteiger charge is -2.06. The molecule has 3 aromatic rings. The molecule has 1 heterocycles. The number of para-hydroxylation sites is 3. The first-order valence-electron chi connectivity index (χ1n) is 6.69. The third-order valence-electron chi connectivity index (χ3n) is 3.21. The quantitative estimate of drug-likeness (QED) is 0.307. The molecule has 0 N–H and O–H groups in total. The number of rotatable bonds is 4. The average Bonchev–Trinajstić information content (AvgIpc) is 2.84. The maximum Gasteiger partial charge on any atom is 0.331 e. The van der Waals surface area contributed by atoms with Crippen LogP contribution in [-0.2, 0) is 11.3 Å². The van der Waals surface area contributed by atoms with Crippen LogP contribution in [0.1, 0.15) is 0 Å². The zero-order valence-corrected chi connectivity index (χ0v) is 13.5. The Morgan fingerprint density at radius 3 is 2.75 bits per heavy atom. The predicted octanol–water partition coefficient (Wildman–Crippen LogP) is 3.23. The van der Waals surface area contributed by atoms with Gasteiger partial charge in [-0.2, -0.15) is 0 Å². The molecule has 7 nitrogen and oxygen atoms in total. The number of thiazole rings is 1. The number of esters is 1. The van der Waals surface area contributed by atoms with Crippen LogP contribution in [0.15, 0.2) is 47.3 Å². The molecule has 1 aromatic heterocycles. The molecule has 0 fully saturated rings. The molecule has 0 saturated heterocycles. The van der Waals surface area contributed by atoms with Gasteiger partial charge in [-0.1, -0.05) is 41.1 Å². The summed E-state index contributed by atoms with van der Waals surface area (Å²) in [7, 11) is 0. The molecular formula is C15H9ClN2O5S. The Kier molecular flexibility index (Phi) is 4.32. The number of ether oxygens (including phenoxy) is 1. The number of hydrogen-bond donors (Lipinski definition) is 0. The van der Waals surface area contributed by atoms with Gasteiger partial charge in [0.2, 0.25) is 5.75 Å². The van der Waals surface area contributed by atoms with E-state index in [9.17, 15) is 19.7 Å². The minimum atomic E-state index is -0.800. The van der Waals surface area contributed by atoms with Crippen molar-refractivity contribution in [2.75, 3.05) is 0 Å². The van der Waals surface area contributed by atoms with E-state index in [2.05, 4.69) is 0 Å². The third kappa shape index (κ3) is 3.01. The highest BCUT2D eigenvalue weighted by Crippen LogP contribution is 2.27. The van der Waals surface area contributed by atoms with Crippen molar-refractivity contribution in [3.8, 4) is 5.75 Å². The third-order valence-corrected chi connectivity index (χ3v) is 4.46. The summed E-state index contributed by atoms with van der Waals surface area (Å²) in [4.78, 5) is 34.1. The number of carbonyl (C=O) groups is 1. The van der Waals surface area contributed by atoms with Crippen molar-refractivity contribution in [2.45, 2.75) is 6.54 Å². The molecule has 0 saturated carbocycles. The van der Waals surface area contributed by atoms with E-state index < -0.39 is 17.4 Å². The summed E-state index contributed by atoms with van der Waals surface area (Å²) in [5.41, 5.74) is 0.111. The minimum absolute atomic E-state index is 0.175. The topological polar surface area (TPSA) is 91.4 Å². The molecule has 9 heteroatoms. The standard InChI is InChI=1S/C15H9ClN2O5S/c16-9-4-3-7-12-14(9)17(15(20)24-12)8-13(19)23-11-6-2-1-5-10(11)18(21)22/h1-7H,8H2. The highest BCUT2D eigenvalue weighted by Gasteiger charge is 2.19. The number of hydrogen-bond acceptors (Lipinski definition) is 6. The van der Waals surface area contributed by atoms with E-state index in [0.717, 1.165) is 11.3 Å². The SMILES string of the molecule is O=C(Cn1c(=O)sc2cccc(Cl)c21)Oc1ccccc1[N+](=O)[O-]. The van der Waals surface area contributed by atoms with Crippen LogP contribution in [0.2, 0.25) is 5.02 Å². The van der Waals surface area contributed by atoms with Crippen molar-refractivity contribution in [3.05, 3.63) is 67.3 Å². The first-order chi connectivity index (χ1) is 11.5. The zero-order valence-electron chi connectivity index (χ0n) is 12.0. The van der Waals surface area contributed by atoms with Crippen LogP contribution in [0.5, 0.6) is 5.75 Å². The highest BCUT2D eigenvalue weighted by molar-refractivity contribution is 7.16. The molecule has 2 aromatic carbocycles. The molecule has 0 aliphatic rings. The fourth-order valence-electron chi connectivity index (χ4n) is 2.20. The van der Waals surface area contributed by atoms with E-state index >= 15 is 0 Å². The second-order valence-electron chi connectivity index (χ2n) is 4.74. The van der Waals surface area contributed by atoms with Crippen molar-refractivity contribution in [1.29, 1.82) is 0 Å². The van der Waals surface area contributed by atoms with Crippen molar-refractivity contribution in [2.24, 2.45) is 0 Å². The zero-order chi connectivity index (χ0) is 17.3. The van der Waals surface area contributed by atoms with Crippen LogP contribution in [0.3, 0.4) is 0 Å². The fraction of sp³-hybridized carbons (Fsp3) is 0.0667. The van der Waals surface area contributed by atoms with Crippen LogP contribution in [0, 0.1) is 10.1 Å².